The quantitative estimate of drug-likeness (QED) is 0.429. The summed E-state index contributed by atoms with van der Waals surface area (Å²) in [6, 6.07) is 0. The van der Waals surface area contributed by atoms with Crippen molar-refractivity contribution in [1.29, 1.82) is 0 Å². The second kappa shape index (κ2) is 4.85. The fraction of sp³-hybridized carbons (Fsp3) is 0.833. The van der Waals surface area contributed by atoms with Crippen LogP contribution in [0.2, 0.25) is 0 Å². The van der Waals surface area contributed by atoms with Crippen molar-refractivity contribution in [2.75, 3.05) is 0 Å². The molecule has 1 heterocycles. The third-order valence-electron chi connectivity index (χ3n) is 2.56. The molecule has 1 aliphatic heterocycles. The van der Waals surface area contributed by atoms with E-state index in [0.717, 1.165) is 0 Å². The van der Waals surface area contributed by atoms with Crippen LogP contribution in [0.1, 0.15) is 41.5 Å². The molecule has 0 bridgehead atoms. The van der Waals surface area contributed by atoms with E-state index in [0.29, 0.717) is 0 Å². The molecule has 0 spiro atoms. The van der Waals surface area contributed by atoms with Crippen molar-refractivity contribution in [3.63, 3.8) is 0 Å². The molecule has 0 amide bonds. The van der Waals surface area contributed by atoms with E-state index >= 15 is 0 Å². The van der Waals surface area contributed by atoms with Gasteiger partial charge in [-0.1, -0.05) is 41.5 Å². The van der Waals surface area contributed by atoms with Crippen LogP contribution in [-0.4, -0.2) is 18.2 Å². The van der Waals surface area contributed by atoms with Crippen molar-refractivity contribution in [1.82, 2.24) is 0 Å². The highest BCUT2D eigenvalue weighted by Gasteiger charge is 2.44. The standard InChI is InChI=1S/C12H20O6/c1-11(2,3)7(12(4,5)6)8(13)15-16-9(14)10-17-18-10/h7,10H,1-6H3. The third kappa shape index (κ3) is 3.96. The molecule has 0 saturated carbocycles. The maximum atomic E-state index is 12.0. The Morgan fingerprint density at radius 3 is 1.72 bits per heavy atom. The first-order valence-electron chi connectivity index (χ1n) is 5.78. The van der Waals surface area contributed by atoms with Crippen molar-refractivity contribution in [3.8, 4) is 0 Å². The Hall–Kier alpha value is -1.14. The van der Waals surface area contributed by atoms with Crippen molar-refractivity contribution < 1.29 is 29.1 Å². The molecule has 6 heteroatoms. The average molecular weight is 260 g/mol. The third-order valence-corrected chi connectivity index (χ3v) is 2.56. The molecule has 0 N–H and O–H groups in total. The normalized spacial score (nSPS) is 16.6. The van der Waals surface area contributed by atoms with Gasteiger partial charge in [-0.15, -0.1) is 0 Å². The Kier molecular flexibility index (Phi) is 4.02. The summed E-state index contributed by atoms with van der Waals surface area (Å²) in [5.41, 5.74) is -0.622. The Labute approximate surface area is 106 Å². The van der Waals surface area contributed by atoms with E-state index in [-0.39, 0.29) is 10.8 Å². The van der Waals surface area contributed by atoms with Crippen LogP contribution in [-0.2, 0) is 29.1 Å². The largest absolute Gasteiger partial charge is 0.417 e. The van der Waals surface area contributed by atoms with Crippen molar-refractivity contribution in [2.24, 2.45) is 16.7 Å². The molecule has 0 radical (unpaired) electrons. The first kappa shape index (κ1) is 14.9. The second-order valence-electron chi connectivity index (χ2n) is 6.49. The van der Waals surface area contributed by atoms with Gasteiger partial charge in [0.05, 0.1) is 5.92 Å². The molecule has 1 aliphatic rings. The molecule has 1 fully saturated rings. The molecular formula is C12H20O6. The molecule has 1 rings (SSSR count). The van der Waals surface area contributed by atoms with Gasteiger partial charge in [0.2, 0.25) is 0 Å². The Morgan fingerprint density at radius 2 is 1.39 bits per heavy atom. The van der Waals surface area contributed by atoms with Crippen molar-refractivity contribution in [3.05, 3.63) is 0 Å². The number of hydrogen-bond donors (Lipinski definition) is 0. The maximum Gasteiger partial charge on any atom is 0.417 e. The molecule has 18 heavy (non-hydrogen) atoms. The zero-order valence-electron chi connectivity index (χ0n) is 11.6. The van der Waals surface area contributed by atoms with E-state index in [4.69, 9.17) is 0 Å². The Morgan fingerprint density at radius 1 is 0.944 bits per heavy atom. The van der Waals surface area contributed by atoms with Gasteiger partial charge < -0.3 is 0 Å². The molecular weight excluding hydrogens is 240 g/mol. The van der Waals surface area contributed by atoms with Crippen molar-refractivity contribution >= 4 is 11.9 Å². The Bertz CT molecular complexity index is 317. The molecule has 0 aliphatic carbocycles. The SMILES string of the molecule is CC(C)(C)C(C(=O)OOC(=O)C1OO1)C(C)(C)C. The van der Waals surface area contributed by atoms with Crippen LogP contribution in [0, 0.1) is 16.7 Å². The van der Waals surface area contributed by atoms with Gasteiger partial charge in [0.1, 0.15) is 0 Å². The lowest BCUT2D eigenvalue weighted by Crippen LogP contribution is -2.40. The van der Waals surface area contributed by atoms with E-state index in [2.05, 4.69) is 19.6 Å². The summed E-state index contributed by atoms with van der Waals surface area (Å²) in [5.74, 6) is -1.87. The predicted octanol–water partition coefficient (Wildman–Crippen LogP) is 1.98. The van der Waals surface area contributed by atoms with Gasteiger partial charge in [-0.3, -0.25) is 0 Å². The molecule has 0 aromatic rings. The fourth-order valence-electron chi connectivity index (χ4n) is 2.28. The van der Waals surface area contributed by atoms with Gasteiger partial charge in [0, 0.05) is 0 Å². The van der Waals surface area contributed by atoms with E-state index in [1.165, 1.54) is 0 Å². The van der Waals surface area contributed by atoms with Gasteiger partial charge in [0.25, 0.3) is 0 Å². The lowest BCUT2D eigenvalue weighted by molar-refractivity contribution is -0.268. The molecule has 0 aromatic heterocycles. The maximum absolute atomic E-state index is 12.0. The summed E-state index contributed by atoms with van der Waals surface area (Å²) in [5, 5.41) is 0. The van der Waals surface area contributed by atoms with Crippen LogP contribution in [0.15, 0.2) is 0 Å². The van der Waals surface area contributed by atoms with E-state index in [1.54, 1.807) is 0 Å². The van der Waals surface area contributed by atoms with Crippen LogP contribution in [0.4, 0.5) is 0 Å². The lowest BCUT2D eigenvalue weighted by Gasteiger charge is -2.37. The summed E-state index contributed by atoms with van der Waals surface area (Å²) in [4.78, 5) is 40.5. The summed E-state index contributed by atoms with van der Waals surface area (Å²) >= 11 is 0. The first-order valence-corrected chi connectivity index (χ1v) is 5.78. The average Bonchev–Trinajstić information content (AvgIpc) is 2.91. The first-order chi connectivity index (χ1) is 8.03. The zero-order chi connectivity index (χ0) is 14.1. The van der Waals surface area contributed by atoms with Gasteiger partial charge in [-0.25, -0.2) is 19.4 Å². The highest BCUT2D eigenvalue weighted by atomic mass is 17.4. The molecule has 0 unspecified atom stereocenters. The van der Waals surface area contributed by atoms with Gasteiger partial charge >= 0.3 is 18.2 Å². The molecule has 104 valence electrons. The second-order valence-corrected chi connectivity index (χ2v) is 6.49. The number of hydrogen-bond acceptors (Lipinski definition) is 6. The molecule has 1 saturated heterocycles. The van der Waals surface area contributed by atoms with Crippen LogP contribution in [0.5, 0.6) is 0 Å². The fourth-order valence-corrected chi connectivity index (χ4v) is 2.28. The van der Waals surface area contributed by atoms with E-state index in [9.17, 15) is 9.59 Å². The van der Waals surface area contributed by atoms with Gasteiger partial charge in [0.15, 0.2) is 0 Å². The Balaban J connectivity index is 2.62. The summed E-state index contributed by atoms with van der Waals surface area (Å²) in [7, 11) is 0. The topological polar surface area (TPSA) is 77.7 Å². The summed E-state index contributed by atoms with van der Waals surface area (Å²) in [6.45, 7) is 11.6. The van der Waals surface area contributed by atoms with Crippen LogP contribution in [0.3, 0.4) is 0 Å². The monoisotopic (exact) mass is 260 g/mol. The lowest BCUT2D eigenvalue weighted by atomic mass is 9.67. The number of carbonyl (C=O) groups is 2. The zero-order valence-corrected chi connectivity index (χ0v) is 11.6. The molecule has 6 nitrogen and oxygen atoms in total. The summed E-state index contributed by atoms with van der Waals surface area (Å²) in [6.07, 6.45) is -1.07. The highest BCUT2D eigenvalue weighted by molar-refractivity contribution is 5.77. The van der Waals surface area contributed by atoms with Crippen molar-refractivity contribution in [2.45, 2.75) is 47.8 Å². The number of rotatable bonds is 2. The molecule has 0 atom stereocenters. The predicted molar refractivity (Wildman–Crippen MR) is 60.5 cm³/mol. The van der Waals surface area contributed by atoms with E-state index in [1.807, 2.05) is 41.5 Å². The van der Waals surface area contributed by atoms with Gasteiger partial charge in [-0.2, -0.15) is 9.78 Å². The molecule has 0 aromatic carbocycles. The minimum atomic E-state index is -1.07. The van der Waals surface area contributed by atoms with E-state index < -0.39 is 24.1 Å². The highest BCUT2D eigenvalue weighted by Crippen LogP contribution is 2.40. The van der Waals surface area contributed by atoms with Crippen LogP contribution in [0.25, 0.3) is 0 Å². The van der Waals surface area contributed by atoms with Crippen LogP contribution >= 0.6 is 0 Å². The van der Waals surface area contributed by atoms with Crippen LogP contribution < -0.4 is 0 Å². The number of carbonyl (C=O) groups excluding carboxylic acids is 2. The minimum Gasteiger partial charge on any atom is -0.247 e. The summed E-state index contributed by atoms with van der Waals surface area (Å²) < 4.78 is 0. The smallest absolute Gasteiger partial charge is 0.247 e. The minimum absolute atomic E-state index is 0.311. The van der Waals surface area contributed by atoms with Gasteiger partial charge in [-0.05, 0) is 10.8 Å².